The Morgan fingerprint density at radius 2 is 1.79 bits per heavy atom. The molecule has 0 fully saturated rings. The molecule has 2 aromatic rings. The molecule has 2 aromatic carbocycles. The van der Waals surface area contributed by atoms with E-state index in [1.807, 2.05) is 19.1 Å². The zero-order valence-electron chi connectivity index (χ0n) is 13.1. The third-order valence-corrected chi connectivity index (χ3v) is 4.43. The second-order valence-electron chi connectivity index (χ2n) is 5.27. The highest BCUT2D eigenvalue weighted by atomic mass is 32.2. The summed E-state index contributed by atoms with van der Waals surface area (Å²) in [6.45, 7) is 1.94. The number of benzene rings is 2. The van der Waals surface area contributed by atoms with E-state index in [-0.39, 0.29) is 12.2 Å². The third-order valence-electron chi connectivity index (χ3n) is 3.28. The molecule has 0 radical (unpaired) electrons. The van der Waals surface area contributed by atoms with Gasteiger partial charge in [-0.2, -0.15) is 0 Å². The maximum absolute atomic E-state index is 12.0. The first-order valence-corrected chi connectivity index (χ1v) is 8.79. The Labute approximate surface area is 139 Å². The summed E-state index contributed by atoms with van der Waals surface area (Å²) >= 11 is 0. The predicted octanol–water partition coefficient (Wildman–Crippen LogP) is 2.66. The van der Waals surface area contributed by atoms with E-state index >= 15 is 0 Å². The van der Waals surface area contributed by atoms with Crippen molar-refractivity contribution in [3.05, 3.63) is 69.3 Å². The zero-order chi connectivity index (χ0) is 17.9. The molecular formula is C16H15NO6S. The maximum Gasteiger partial charge on any atom is 0.338 e. The van der Waals surface area contributed by atoms with Crippen LogP contribution in [0.1, 0.15) is 21.5 Å². The number of hydrogen-bond acceptors (Lipinski definition) is 6. The monoisotopic (exact) mass is 349 g/mol. The summed E-state index contributed by atoms with van der Waals surface area (Å²) < 4.78 is 28.2. The van der Waals surface area contributed by atoms with Crippen LogP contribution in [0, 0.1) is 17.0 Å². The number of esters is 1. The van der Waals surface area contributed by atoms with Crippen LogP contribution in [0.25, 0.3) is 0 Å². The van der Waals surface area contributed by atoms with E-state index in [0.29, 0.717) is 0 Å². The first-order chi connectivity index (χ1) is 11.2. The standard InChI is InChI=1S/C16H15NO6S/c1-11-3-5-12(6-4-11)10-23-16(18)13-7-8-15(24(2,21)22)14(9-13)17(19)20/h3-9H,10H2,1-2H3. The number of sulfone groups is 1. The van der Waals surface area contributed by atoms with Crippen molar-refractivity contribution in [2.24, 2.45) is 0 Å². The molecule has 0 saturated heterocycles. The van der Waals surface area contributed by atoms with E-state index in [1.165, 1.54) is 6.07 Å². The molecule has 0 aliphatic heterocycles. The average molecular weight is 349 g/mol. The van der Waals surface area contributed by atoms with Crippen molar-refractivity contribution in [3.63, 3.8) is 0 Å². The minimum absolute atomic E-state index is 0.0146. The zero-order valence-corrected chi connectivity index (χ0v) is 13.9. The van der Waals surface area contributed by atoms with Gasteiger partial charge < -0.3 is 4.74 Å². The number of carbonyl (C=O) groups excluding carboxylic acids is 1. The second-order valence-corrected chi connectivity index (χ2v) is 7.26. The molecule has 8 heteroatoms. The van der Waals surface area contributed by atoms with Gasteiger partial charge in [0.15, 0.2) is 9.84 Å². The van der Waals surface area contributed by atoms with Crippen LogP contribution in [0.5, 0.6) is 0 Å². The van der Waals surface area contributed by atoms with Crippen LogP contribution in [0.4, 0.5) is 5.69 Å². The molecule has 0 amide bonds. The first kappa shape index (κ1) is 17.6. The van der Waals surface area contributed by atoms with Gasteiger partial charge in [-0.3, -0.25) is 10.1 Å². The van der Waals surface area contributed by atoms with Gasteiger partial charge in [-0.1, -0.05) is 29.8 Å². The molecule has 0 spiro atoms. The minimum atomic E-state index is -3.77. The summed E-state index contributed by atoms with van der Waals surface area (Å²) in [5.74, 6) is -0.765. The fraction of sp³-hybridized carbons (Fsp3) is 0.188. The SMILES string of the molecule is Cc1ccc(COC(=O)c2ccc(S(C)(=O)=O)c([N+](=O)[O-])c2)cc1. The molecule has 0 atom stereocenters. The summed E-state index contributed by atoms with van der Waals surface area (Å²) in [5, 5.41) is 11.0. The van der Waals surface area contributed by atoms with Gasteiger partial charge >= 0.3 is 5.97 Å². The highest BCUT2D eigenvalue weighted by Crippen LogP contribution is 2.25. The van der Waals surface area contributed by atoms with Crippen LogP contribution in [-0.2, 0) is 21.2 Å². The number of nitro groups is 1. The van der Waals surface area contributed by atoms with Crippen molar-refractivity contribution >= 4 is 21.5 Å². The van der Waals surface area contributed by atoms with E-state index in [2.05, 4.69) is 0 Å². The molecule has 0 heterocycles. The van der Waals surface area contributed by atoms with Gasteiger partial charge in [-0.25, -0.2) is 13.2 Å². The Balaban J connectivity index is 2.22. The average Bonchev–Trinajstić information content (AvgIpc) is 2.52. The molecule has 0 bridgehead atoms. The lowest BCUT2D eigenvalue weighted by Crippen LogP contribution is -2.08. The molecule has 0 aliphatic carbocycles. The van der Waals surface area contributed by atoms with E-state index in [0.717, 1.165) is 29.5 Å². The molecular weight excluding hydrogens is 334 g/mol. The smallest absolute Gasteiger partial charge is 0.338 e. The lowest BCUT2D eigenvalue weighted by atomic mass is 10.1. The second kappa shape index (κ2) is 6.79. The summed E-state index contributed by atoms with van der Waals surface area (Å²) in [6, 6.07) is 10.5. The number of nitro benzene ring substituents is 1. The molecule has 0 saturated carbocycles. The van der Waals surface area contributed by atoms with Crippen LogP contribution in [0.3, 0.4) is 0 Å². The van der Waals surface area contributed by atoms with E-state index in [4.69, 9.17) is 4.74 Å². The molecule has 0 aliphatic rings. The lowest BCUT2D eigenvalue weighted by Gasteiger charge is -2.07. The summed E-state index contributed by atoms with van der Waals surface area (Å²) in [5.41, 5.74) is 1.11. The van der Waals surface area contributed by atoms with Crippen LogP contribution in [-0.4, -0.2) is 25.6 Å². The number of nitrogens with zero attached hydrogens (tertiary/aromatic N) is 1. The first-order valence-electron chi connectivity index (χ1n) is 6.89. The van der Waals surface area contributed by atoms with E-state index < -0.39 is 31.3 Å². The molecule has 0 aromatic heterocycles. The number of rotatable bonds is 5. The third kappa shape index (κ3) is 4.17. The number of hydrogen-bond donors (Lipinski definition) is 0. The van der Waals surface area contributed by atoms with Crippen molar-refractivity contribution < 1.29 is 22.9 Å². The number of carbonyl (C=O) groups is 1. The summed E-state index contributed by atoms with van der Waals surface area (Å²) in [4.78, 5) is 21.8. The molecule has 7 nitrogen and oxygen atoms in total. The minimum Gasteiger partial charge on any atom is -0.457 e. The van der Waals surface area contributed by atoms with Crippen molar-refractivity contribution in [1.82, 2.24) is 0 Å². The molecule has 24 heavy (non-hydrogen) atoms. The molecule has 0 N–H and O–H groups in total. The fourth-order valence-corrected chi connectivity index (χ4v) is 2.85. The van der Waals surface area contributed by atoms with Crippen LogP contribution in [0.15, 0.2) is 47.4 Å². The van der Waals surface area contributed by atoms with Crippen molar-refractivity contribution in [2.75, 3.05) is 6.26 Å². The number of aryl methyl sites for hydroxylation is 1. The van der Waals surface area contributed by atoms with Crippen molar-refractivity contribution in [3.8, 4) is 0 Å². The van der Waals surface area contributed by atoms with Gasteiger partial charge in [-0.15, -0.1) is 0 Å². The Morgan fingerprint density at radius 1 is 1.17 bits per heavy atom. The van der Waals surface area contributed by atoms with Gasteiger partial charge in [0, 0.05) is 12.3 Å². The van der Waals surface area contributed by atoms with E-state index in [9.17, 15) is 23.3 Å². The Kier molecular flexibility index (Phi) is 4.99. The van der Waals surface area contributed by atoms with Crippen LogP contribution >= 0.6 is 0 Å². The topological polar surface area (TPSA) is 104 Å². The summed E-state index contributed by atoms with van der Waals surface area (Å²) in [7, 11) is -3.77. The number of ether oxygens (including phenoxy) is 1. The van der Waals surface area contributed by atoms with Crippen LogP contribution < -0.4 is 0 Å². The normalized spacial score (nSPS) is 11.1. The predicted molar refractivity (Wildman–Crippen MR) is 86.5 cm³/mol. The van der Waals surface area contributed by atoms with Crippen molar-refractivity contribution in [1.29, 1.82) is 0 Å². The quantitative estimate of drug-likeness (QED) is 0.467. The van der Waals surface area contributed by atoms with Crippen molar-refractivity contribution in [2.45, 2.75) is 18.4 Å². The molecule has 126 valence electrons. The van der Waals surface area contributed by atoms with Gasteiger partial charge in [-0.05, 0) is 24.6 Å². The Hall–Kier alpha value is -2.74. The largest absolute Gasteiger partial charge is 0.457 e. The maximum atomic E-state index is 12.0. The Morgan fingerprint density at radius 3 is 2.33 bits per heavy atom. The van der Waals surface area contributed by atoms with Gasteiger partial charge in [0.25, 0.3) is 5.69 Å². The van der Waals surface area contributed by atoms with Gasteiger partial charge in [0.2, 0.25) is 0 Å². The lowest BCUT2D eigenvalue weighted by molar-refractivity contribution is -0.387. The molecule has 2 rings (SSSR count). The molecule has 0 unspecified atom stereocenters. The van der Waals surface area contributed by atoms with Gasteiger partial charge in [0.1, 0.15) is 11.5 Å². The highest BCUT2D eigenvalue weighted by molar-refractivity contribution is 7.90. The fourth-order valence-electron chi connectivity index (χ4n) is 2.02. The Bertz CT molecular complexity index is 887. The van der Waals surface area contributed by atoms with E-state index in [1.54, 1.807) is 12.1 Å². The van der Waals surface area contributed by atoms with Gasteiger partial charge in [0.05, 0.1) is 10.5 Å². The highest BCUT2D eigenvalue weighted by Gasteiger charge is 2.24. The summed E-state index contributed by atoms with van der Waals surface area (Å²) in [6.07, 6.45) is 0.866. The van der Waals surface area contributed by atoms with Crippen LogP contribution in [0.2, 0.25) is 0 Å².